The van der Waals surface area contributed by atoms with E-state index in [-0.39, 0.29) is 5.97 Å². The summed E-state index contributed by atoms with van der Waals surface area (Å²) in [5, 5.41) is 3.22. The molecule has 94 valence electrons. The number of carbonyl (C=O) groups is 1. The van der Waals surface area contributed by atoms with Crippen molar-refractivity contribution in [2.24, 2.45) is 7.05 Å². The number of esters is 1. The summed E-state index contributed by atoms with van der Waals surface area (Å²) in [6.45, 7) is 3.23. The van der Waals surface area contributed by atoms with Crippen LogP contribution in [0.25, 0.3) is 0 Å². The number of ether oxygens (including phenoxy) is 1. The molecular weight excluding hydrogens is 218 g/mol. The van der Waals surface area contributed by atoms with Gasteiger partial charge in [-0.25, -0.2) is 9.78 Å². The molecule has 0 radical (unpaired) electrons. The Morgan fingerprint density at radius 2 is 2.41 bits per heavy atom. The monoisotopic (exact) mass is 237 g/mol. The fourth-order valence-electron chi connectivity index (χ4n) is 1.41. The first kappa shape index (κ1) is 13.4. The lowest BCUT2D eigenvalue weighted by Crippen LogP contribution is -2.19. The van der Waals surface area contributed by atoms with Crippen LogP contribution in [0.2, 0.25) is 0 Å². The lowest BCUT2D eigenvalue weighted by molar-refractivity contribution is -0.136. The van der Waals surface area contributed by atoms with Gasteiger partial charge in [0.15, 0.2) is 0 Å². The van der Waals surface area contributed by atoms with Crippen LogP contribution in [0, 0.1) is 0 Å². The van der Waals surface area contributed by atoms with E-state index in [2.05, 4.69) is 15.0 Å². The molecule has 1 rings (SSSR count). The van der Waals surface area contributed by atoms with Crippen LogP contribution in [-0.2, 0) is 23.0 Å². The van der Waals surface area contributed by atoms with Gasteiger partial charge in [0, 0.05) is 44.5 Å². The standard InChI is InChI=1S/C12H19N3O2/c1-10(12(16)17-3)4-6-13-7-5-11-14-8-9-15(11)2/h4,8-9,13H,5-7H2,1-3H3/b10-4+. The van der Waals surface area contributed by atoms with E-state index in [0.29, 0.717) is 12.1 Å². The first-order valence-electron chi connectivity index (χ1n) is 5.57. The summed E-state index contributed by atoms with van der Waals surface area (Å²) >= 11 is 0. The Balaban J connectivity index is 2.21. The number of nitrogens with zero attached hydrogens (tertiary/aromatic N) is 2. The van der Waals surface area contributed by atoms with Crippen LogP contribution in [0.5, 0.6) is 0 Å². The normalized spacial score (nSPS) is 11.6. The highest BCUT2D eigenvalue weighted by atomic mass is 16.5. The second kappa shape index (κ2) is 6.85. The van der Waals surface area contributed by atoms with E-state index in [9.17, 15) is 4.79 Å². The van der Waals surface area contributed by atoms with Gasteiger partial charge in [-0.05, 0) is 6.92 Å². The Hall–Kier alpha value is -1.62. The molecule has 0 aliphatic heterocycles. The first-order chi connectivity index (χ1) is 8.15. The molecule has 17 heavy (non-hydrogen) atoms. The molecule has 0 atom stereocenters. The highest BCUT2D eigenvalue weighted by molar-refractivity contribution is 5.87. The van der Waals surface area contributed by atoms with Crippen LogP contribution < -0.4 is 5.32 Å². The Labute approximate surface area is 101 Å². The molecule has 0 amide bonds. The lowest BCUT2D eigenvalue weighted by Gasteiger charge is -2.03. The fourth-order valence-corrected chi connectivity index (χ4v) is 1.41. The van der Waals surface area contributed by atoms with Crippen molar-refractivity contribution in [2.75, 3.05) is 20.2 Å². The van der Waals surface area contributed by atoms with E-state index >= 15 is 0 Å². The van der Waals surface area contributed by atoms with Gasteiger partial charge in [-0.1, -0.05) is 6.08 Å². The second-order valence-electron chi connectivity index (χ2n) is 3.79. The van der Waals surface area contributed by atoms with Crippen molar-refractivity contribution >= 4 is 5.97 Å². The molecule has 0 fully saturated rings. The summed E-state index contributed by atoms with van der Waals surface area (Å²) in [5.74, 6) is 0.766. The minimum absolute atomic E-state index is 0.282. The number of aryl methyl sites for hydroxylation is 1. The molecule has 0 unspecified atom stereocenters. The minimum Gasteiger partial charge on any atom is -0.466 e. The van der Waals surface area contributed by atoms with Gasteiger partial charge in [-0.3, -0.25) is 0 Å². The molecule has 0 aliphatic carbocycles. The number of rotatable bonds is 6. The maximum Gasteiger partial charge on any atom is 0.333 e. The number of nitrogens with one attached hydrogen (secondary N) is 1. The third-order valence-corrected chi connectivity index (χ3v) is 2.51. The summed E-state index contributed by atoms with van der Waals surface area (Å²) in [7, 11) is 3.36. The van der Waals surface area contributed by atoms with Crippen LogP contribution in [0.4, 0.5) is 0 Å². The summed E-state index contributed by atoms with van der Waals surface area (Å²) in [5.41, 5.74) is 0.622. The Kier molecular flexibility index (Phi) is 5.42. The highest BCUT2D eigenvalue weighted by Crippen LogP contribution is 1.95. The average molecular weight is 237 g/mol. The van der Waals surface area contributed by atoms with E-state index in [4.69, 9.17) is 0 Å². The molecule has 0 spiro atoms. The second-order valence-corrected chi connectivity index (χ2v) is 3.79. The van der Waals surface area contributed by atoms with E-state index in [1.807, 2.05) is 23.9 Å². The zero-order valence-corrected chi connectivity index (χ0v) is 10.6. The number of hydrogen-bond acceptors (Lipinski definition) is 4. The van der Waals surface area contributed by atoms with Gasteiger partial charge < -0.3 is 14.6 Å². The number of aromatic nitrogens is 2. The van der Waals surface area contributed by atoms with Gasteiger partial charge in [0.05, 0.1) is 7.11 Å². The van der Waals surface area contributed by atoms with Crippen LogP contribution in [-0.4, -0.2) is 35.7 Å². The van der Waals surface area contributed by atoms with Gasteiger partial charge in [-0.2, -0.15) is 0 Å². The van der Waals surface area contributed by atoms with Gasteiger partial charge in [-0.15, -0.1) is 0 Å². The SMILES string of the molecule is COC(=O)/C(C)=C/CNCCc1nccn1C. The van der Waals surface area contributed by atoms with Crippen LogP contribution in [0.3, 0.4) is 0 Å². The maximum atomic E-state index is 11.1. The molecule has 5 heteroatoms. The topological polar surface area (TPSA) is 56.1 Å². The first-order valence-corrected chi connectivity index (χ1v) is 5.57. The van der Waals surface area contributed by atoms with E-state index in [0.717, 1.165) is 18.8 Å². The third kappa shape index (κ3) is 4.40. The molecular formula is C12H19N3O2. The van der Waals surface area contributed by atoms with E-state index in [1.165, 1.54) is 7.11 Å². The number of methoxy groups -OCH3 is 1. The van der Waals surface area contributed by atoms with Gasteiger partial charge >= 0.3 is 5.97 Å². The number of imidazole rings is 1. The molecule has 1 N–H and O–H groups in total. The van der Waals surface area contributed by atoms with Crippen molar-refractivity contribution in [1.82, 2.24) is 14.9 Å². The van der Waals surface area contributed by atoms with Gasteiger partial charge in [0.1, 0.15) is 5.82 Å². The fraction of sp³-hybridized carbons (Fsp3) is 0.500. The summed E-state index contributed by atoms with van der Waals surface area (Å²) in [4.78, 5) is 15.3. The molecule has 0 aliphatic rings. The Bertz CT molecular complexity index is 396. The van der Waals surface area contributed by atoms with E-state index in [1.54, 1.807) is 13.1 Å². The average Bonchev–Trinajstić information content (AvgIpc) is 2.73. The molecule has 1 aromatic heterocycles. The molecule has 0 saturated carbocycles. The summed E-state index contributed by atoms with van der Waals surface area (Å²) in [6.07, 6.45) is 6.41. The Morgan fingerprint density at radius 3 is 3.00 bits per heavy atom. The maximum absolute atomic E-state index is 11.1. The molecule has 1 aromatic rings. The summed E-state index contributed by atoms with van der Waals surface area (Å²) in [6, 6.07) is 0. The quantitative estimate of drug-likeness (QED) is 0.449. The molecule has 0 aromatic carbocycles. The predicted molar refractivity (Wildman–Crippen MR) is 65.6 cm³/mol. The van der Waals surface area contributed by atoms with E-state index < -0.39 is 0 Å². The highest BCUT2D eigenvalue weighted by Gasteiger charge is 2.01. The molecule has 1 heterocycles. The van der Waals surface area contributed by atoms with Crippen molar-refractivity contribution in [3.05, 3.63) is 29.9 Å². The van der Waals surface area contributed by atoms with Crippen LogP contribution in [0.15, 0.2) is 24.0 Å². The third-order valence-electron chi connectivity index (χ3n) is 2.51. The van der Waals surface area contributed by atoms with Crippen LogP contribution in [0.1, 0.15) is 12.7 Å². The molecule has 5 nitrogen and oxygen atoms in total. The van der Waals surface area contributed by atoms with Gasteiger partial charge in [0.25, 0.3) is 0 Å². The summed E-state index contributed by atoms with van der Waals surface area (Å²) < 4.78 is 6.59. The minimum atomic E-state index is -0.282. The number of hydrogen-bond donors (Lipinski definition) is 1. The Morgan fingerprint density at radius 1 is 1.65 bits per heavy atom. The molecule has 0 bridgehead atoms. The van der Waals surface area contributed by atoms with Crippen LogP contribution >= 0.6 is 0 Å². The lowest BCUT2D eigenvalue weighted by atomic mass is 10.3. The zero-order chi connectivity index (χ0) is 12.7. The number of carbonyl (C=O) groups excluding carboxylic acids is 1. The van der Waals surface area contributed by atoms with Crippen molar-refractivity contribution in [2.45, 2.75) is 13.3 Å². The zero-order valence-electron chi connectivity index (χ0n) is 10.6. The smallest absolute Gasteiger partial charge is 0.333 e. The van der Waals surface area contributed by atoms with Crippen molar-refractivity contribution in [3.63, 3.8) is 0 Å². The van der Waals surface area contributed by atoms with Crippen molar-refractivity contribution < 1.29 is 9.53 Å². The molecule has 0 saturated heterocycles. The largest absolute Gasteiger partial charge is 0.466 e. The van der Waals surface area contributed by atoms with Crippen molar-refractivity contribution in [1.29, 1.82) is 0 Å². The van der Waals surface area contributed by atoms with Crippen molar-refractivity contribution in [3.8, 4) is 0 Å². The van der Waals surface area contributed by atoms with Gasteiger partial charge in [0.2, 0.25) is 0 Å². The predicted octanol–water partition coefficient (Wildman–Crippen LogP) is 0.671.